The Morgan fingerprint density at radius 2 is 2.17 bits per heavy atom. The number of amides is 1. The molecule has 18 heavy (non-hydrogen) atoms. The van der Waals surface area contributed by atoms with Gasteiger partial charge < -0.3 is 11.5 Å². The normalized spacial score (nSPS) is 12.0. The molecule has 0 atom stereocenters. The van der Waals surface area contributed by atoms with Crippen molar-refractivity contribution in [1.82, 2.24) is 4.98 Å². The van der Waals surface area contributed by atoms with Crippen LogP contribution < -0.4 is 11.5 Å². The number of nitrogens with two attached hydrogens (primary N) is 2. The number of primary amides is 1. The first kappa shape index (κ1) is 14.0. The number of nitrogens with zero attached hydrogens (tertiary/aromatic N) is 1. The Morgan fingerprint density at radius 1 is 1.44 bits per heavy atom. The fourth-order valence-corrected chi connectivity index (χ4v) is 1.64. The van der Waals surface area contributed by atoms with Crippen LogP contribution in [0.1, 0.15) is 36.3 Å². The van der Waals surface area contributed by atoms with E-state index in [1.165, 1.54) is 5.57 Å². The van der Waals surface area contributed by atoms with Crippen molar-refractivity contribution < 1.29 is 4.79 Å². The summed E-state index contributed by atoms with van der Waals surface area (Å²) in [5.74, 6) is -0.0871. The lowest BCUT2D eigenvalue weighted by molar-refractivity contribution is 0.0999. The van der Waals surface area contributed by atoms with E-state index in [0.29, 0.717) is 23.5 Å². The number of allylic oxidation sites excluding steroid dienone is 4. The molecular formula is C14H19N3O. The van der Waals surface area contributed by atoms with Gasteiger partial charge in [-0.3, -0.25) is 4.79 Å². The quantitative estimate of drug-likeness (QED) is 0.780. The Morgan fingerprint density at radius 3 is 2.78 bits per heavy atom. The van der Waals surface area contributed by atoms with Crippen LogP contribution in [-0.4, -0.2) is 10.9 Å². The second-order valence-corrected chi connectivity index (χ2v) is 4.06. The van der Waals surface area contributed by atoms with Crippen molar-refractivity contribution in [1.29, 1.82) is 0 Å². The van der Waals surface area contributed by atoms with Crippen molar-refractivity contribution in [2.45, 2.75) is 26.7 Å². The minimum Gasteiger partial charge on any atom is -0.384 e. The smallest absolute Gasteiger partial charge is 0.250 e. The van der Waals surface area contributed by atoms with Gasteiger partial charge in [0.25, 0.3) is 5.91 Å². The lowest BCUT2D eigenvalue weighted by atomic mass is 10.1. The first-order valence-electron chi connectivity index (χ1n) is 5.93. The lowest BCUT2D eigenvalue weighted by Crippen LogP contribution is -2.15. The molecule has 1 rings (SSSR count). The average Bonchev–Trinajstić information content (AvgIpc) is 2.29. The monoisotopic (exact) mass is 245 g/mol. The minimum absolute atomic E-state index is 0.393. The Labute approximate surface area is 107 Å². The van der Waals surface area contributed by atoms with Crippen LogP contribution >= 0.6 is 0 Å². The van der Waals surface area contributed by atoms with Crippen LogP contribution in [0.3, 0.4) is 0 Å². The zero-order valence-corrected chi connectivity index (χ0v) is 10.8. The fourth-order valence-electron chi connectivity index (χ4n) is 1.64. The number of pyridine rings is 1. The molecule has 4 heteroatoms. The van der Waals surface area contributed by atoms with Gasteiger partial charge in [-0.25, -0.2) is 4.98 Å². The summed E-state index contributed by atoms with van der Waals surface area (Å²) in [6, 6.07) is 3.19. The Hall–Kier alpha value is -2.10. The highest BCUT2D eigenvalue weighted by Gasteiger charge is 2.08. The Balaban J connectivity index is 2.87. The zero-order valence-electron chi connectivity index (χ0n) is 10.8. The van der Waals surface area contributed by atoms with Crippen LogP contribution in [0.2, 0.25) is 0 Å². The van der Waals surface area contributed by atoms with E-state index in [1.807, 2.05) is 19.1 Å². The third-order valence-electron chi connectivity index (χ3n) is 2.48. The van der Waals surface area contributed by atoms with E-state index in [9.17, 15) is 4.79 Å². The molecule has 0 unspecified atom stereocenters. The van der Waals surface area contributed by atoms with Crippen LogP contribution in [0.25, 0.3) is 0 Å². The molecule has 0 saturated carbocycles. The predicted molar refractivity (Wildman–Crippen MR) is 74.1 cm³/mol. The number of aromatic nitrogens is 1. The maximum atomic E-state index is 11.2. The molecule has 0 aliphatic rings. The molecule has 0 aromatic carbocycles. The number of anilines is 1. The molecule has 1 aromatic heterocycles. The number of carbonyl (C=O) groups is 1. The van der Waals surface area contributed by atoms with Gasteiger partial charge in [-0.05, 0) is 25.5 Å². The van der Waals surface area contributed by atoms with Crippen LogP contribution in [0.4, 0.5) is 5.82 Å². The second kappa shape index (κ2) is 6.59. The van der Waals surface area contributed by atoms with Crippen LogP contribution in [0, 0.1) is 0 Å². The van der Waals surface area contributed by atoms with Crippen molar-refractivity contribution in [2.75, 3.05) is 5.73 Å². The van der Waals surface area contributed by atoms with Gasteiger partial charge in [0.05, 0.1) is 11.3 Å². The standard InChI is InChI=1S/C14H19N3O/c1-3-5-10(2)6-4-7-12-11(14(16)18)8-9-13(15)17-12/h4-6,8-9H,3,7H2,1-2H3,(H2,15,17)(H2,16,18). The Bertz CT molecular complexity index is 490. The minimum atomic E-state index is -0.480. The summed E-state index contributed by atoms with van der Waals surface area (Å²) in [7, 11) is 0. The predicted octanol–water partition coefficient (Wildman–Crippen LogP) is 2.22. The number of nitrogen functional groups attached to an aromatic ring is 1. The van der Waals surface area contributed by atoms with Crippen molar-refractivity contribution >= 4 is 11.7 Å². The summed E-state index contributed by atoms with van der Waals surface area (Å²) in [4.78, 5) is 15.4. The highest BCUT2D eigenvalue weighted by atomic mass is 16.1. The largest absolute Gasteiger partial charge is 0.384 e. The van der Waals surface area contributed by atoms with E-state index < -0.39 is 5.91 Å². The summed E-state index contributed by atoms with van der Waals surface area (Å²) in [6.07, 6.45) is 7.62. The number of hydrogen-bond acceptors (Lipinski definition) is 3. The molecule has 96 valence electrons. The lowest BCUT2D eigenvalue weighted by Gasteiger charge is -2.04. The molecule has 0 saturated heterocycles. The third kappa shape index (κ3) is 4.05. The summed E-state index contributed by atoms with van der Waals surface area (Å²) >= 11 is 0. The van der Waals surface area contributed by atoms with Crippen molar-refractivity contribution in [3.05, 3.63) is 47.2 Å². The van der Waals surface area contributed by atoms with Crippen molar-refractivity contribution in [2.24, 2.45) is 5.73 Å². The van der Waals surface area contributed by atoms with Gasteiger partial charge in [0.15, 0.2) is 0 Å². The first-order valence-corrected chi connectivity index (χ1v) is 5.93. The van der Waals surface area contributed by atoms with E-state index in [4.69, 9.17) is 11.5 Å². The van der Waals surface area contributed by atoms with E-state index in [0.717, 1.165) is 6.42 Å². The summed E-state index contributed by atoms with van der Waals surface area (Å²) in [5, 5.41) is 0. The molecule has 0 radical (unpaired) electrons. The molecule has 0 spiro atoms. The van der Waals surface area contributed by atoms with E-state index in [1.54, 1.807) is 12.1 Å². The number of hydrogen-bond donors (Lipinski definition) is 2. The molecule has 0 aliphatic carbocycles. The van der Waals surface area contributed by atoms with E-state index in [-0.39, 0.29) is 0 Å². The van der Waals surface area contributed by atoms with Gasteiger partial charge >= 0.3 is 0 Å². The maximum Gasteiger partial charge on any atom is 0.250 e. The summed E-state index contributed by atoms with van der Waals surface area (Å²) < 4.78 is 0. The molecule has 4 nitrogen and oxygen atoms in total. The van der Waals surface area contributed by atoms with E-state index in [2.05, 4.69) is 18.0 Å². The second-order valence-electron chi connectivity index (χ2n) is 4.06. The maximum absolute atomic E-state index is 11.2. The highest BCUT2D eigenvalue weighted by molar-refractivity contribution is 5.94. The fraction of sp³-hybridized carbons (Fsp3) is 0.286. The average molecular weight is 245 g/mol. The highest BCUT2D eigenvalue weighted by Crippen LogP contribution is 2.10. The van der Waals surface area contributed by atoms with Crippen LogP contribution in [0.5, 0.6) is 0 Å². The number of carbonyl (C=O) groups excluding carboxylic acids is 1. The third-order valence-corrected chi connectivity index (χ3v) is 2.48. The van der Waals surface area contributed by atoms with E-state index >= 15 is 0 Å². The van der Waals surface area contributed by atoms with Crippen LogP contribution in [-0.2, 0) is 6.42 Å². The van der Waals surface area contributed by atoms with Gasteiger partial charge in [-0.1, -0.05) is 30.7 Å². The topological polar surface area (TPSA) is 82.0 Å². The molecule has 1 aromatic rings. The van der Waals surface area contributed by atoms with Gasteiger partial charge in [-0.15, -0.1) is 0 Å². The molecule has 4 N–H and O–H groups in total. The summed E-state index contributed by atoms with van der Waals surface area (Å²) in [5.41, 5.74) is 13.1. The molecule has 1 amide bonds. The van der Waals surface area contributed by atoms with Gasteiger partial charge in [0.1, 0.15) is 5.82 Å². The van der Waals surface area contributed by atoms with Gasteiger partial charge in [0, 0.05) is 6.42 Å². The summed E-state index contributed by atoms with van der Waals surface area (Å²) in [6.45, 7) is 4.11. The van der Waals surface area contributed by atoms with Crippen LogP contribution in [0.15, 0.2) is 35.9 Å². The molecule has 1 heterocycles. The molecule has 0 fully saturated rings. The molecule has 0 aliphatic heterocycles. The van der Waals surface area contributed by atoms with Crippen molar-refractivity contribution in [3.63, 3.8) is 0 Å². The SMILES string of the molecule is CCC=C(C)C=CCc1nc(N)ccc1C(N)=O. The van der Waals surface area contributed by atoms with Crippen molar-refractivity contribution in [3.8, 4) is 0 Å². The molecule has 0 bridgehead atoms. The first-order chi connectivity index (χ1) is 8.54. The molecular weight excluding hydrogens is 226 g/mol. The van der Waals surface area contributed by atoms with Gasteiger partial charge in [-0.2, -0.15) is 0 Å². The zero-order chi connectivity index (χ0) is 13.5. The Kier molecular flexibility index (Phi) is 5.11. The van der Waals surface area contributed by atoms with Gasteiger partial charge in [0.2, 0.25) is 0 Å². The number of rotatable bonds is 5.